The van der Waals surface area contributed by atoms with E-state index in [2.05, 4.69) is 30.5 Å². The van der Waals surface area contributed by atoms with E-state index in [-0.39, 0.29) is 22.8 Å². The number of rotatable bonds is 2. The van der Waals surface area contributed by atoms with Crippen LogP contribution in [0.2, 0.25) is 0 Å². The van der Waals surface area contributed by atoms with Crippen molar-refractivity contribution in [2.24, 2.45) is 33.7 Å². The second-order valence-corrected chi connectivity index (χ2v) is 10.5. The van der Waals surface area contributed by atoms with Gasteiger partial charge in [0, 0.05) is 16.7 Å². The SMILES string of the molecule is C[C@]12CC[C@@H](O)CC1=CC[C@H]1[C@H]2CC[C@@]2(C)C(=NNC(=O)c3ccccc3)CC[C@H]12. The lowest BCUT2D eigenvalue weighted by molar-refractivity contribution is -0.0209. The largest absolute Gasteiger partial charge is 0.393 e. The van der Waals surface area contributed by atoms with Crippen LogP contribution in [0.1, 0.15) is 75.6 Å². The number of nitrogens with one attached hydrogen (secondary N) is 1. The zero-order chi connectivity index (χ0) is 20.9. The monoisotopic (exact) mass is 406 g/mol. The number of hydrazone groups is 1. The first-order valence-corrected chi connectivity index (χ1v) is 11.7. The van der Waals surface area contributed by atoms with Crippen LogP contribution in [0.15, 0.2) is 47.1 Å². The molecule has 0 spiro atoms. The molecule has 4 nitrogen and oxygen atoms in total. The molecule has 0 saturated heterocycles. The molecule has 0 aromatic heterocycles. The topological polar surface area (TPSA) is 61.7 Å². The zero-order valence-electron chi connectivity index (χ0n) is 18.2. The van der Waals surface area contributed by atoms with E-state index >= 15 is 0 Å². The fourth-order valence-electron chi connectivity index (χ4n) is 7.39. The number of amides is 1. The first-order valence-electron chi connectivity index (χ1n) is 11.7. The third kappa shape index (κ3) is 3.07. The summed E-state index contributed by atoms with van der Waals surface area (Å²) >= 11 is 0. The fourth-order valence-corrected chi connectivity index (χ4v) is 7.39. The molecule has 3 fully saturated rings. The Balaban J connectivity index is 1.36. The highest BCUT2D eigenvalue weighted by atomic mass is 16.3. The van der Waals surface area contributed by atoms with Crippen molar-refractivity contribution in [1.29, 1.82) is 0 Å². The number of aliphatic hydroxyl groups excluding tert-OH is 1. The molecule has 1 amide bonds. The smallest absolute Gasteiger partial charge is 0.271 e. The number of allylic oxidation sites excluding steroid dienone is 1. The molecule has 5 rings (SSSR count). The number of carbonyl (C=O) groups excluding carboxylic acids is 1. The van der Waals surface area contributed by atoms with Crippen LogP contribution >= 0.6 is 0 Å². The molecule has 3 saturated carbocycles. The van der Waals surface area contributed by atoms with E-state index in [4.69, 9.17) is 0 Å². The van der Waals surface area contributed by atoms with Crippen molar-refractivity contribution in [2.75, 3.05) is 0 Å². The Kier molecular flexibility index (Phi) is 4.89. The Labute approximate surface area is 179 Å². The highest BCUT2D eigenvalue weighted by molar-refractivity contribution is 5.97. The molecule has 2 N–H and O–H groups in total. The predicted octanol–water partition coefficient (Wildman–Crippen LogP) is 5.10. The summed E-state index contributed by atoms with van der Waals surface area (Å²) in [4.78, 5) is 12.5. The van der Waals surface area contributed by atoms with Crippen molar-refractivity contribution in [3.63, 3.8) is 0 Å². The summed E-state index contributed by atoms with van der Waals surface area (Å²) in [6.07, 6.45) is 11.0. The maximum atomic E-state index is 12.5. The van der Waals surface area contributed by atoms with Crippen LogP contribution in [0.4, 0.5) is 0 Å². The fraction of sp³-hybridized carbons (Fsp3) is 0.615. The Morgan fingerprint density at radius 1 is 1.07 bits per heavy atom. The molecule has 1 aromatic rings. The first-order chi connectivity index (χ1) is 14.4. The van der Waals surface area contributed by atoms with Gasteiger partial charge in [0.2, 0.25) is 0 Å². The third-order valence-electron chi connectivity index (χ3n) is 9.15. The van der Waals surface area contributed by atoms with Gasteiger partial charge in [-0.15, -0.1) is 0 Å². The van der Waals surface area contributed by atoms with E-state index < -0.39 is 0 Å². The van der Waals surface area contributed by atoms with Crippen LogP contribution in [0.5, 0.6) is 0 Å². The third-order valence-corrected chi connectivity index (χ3v) is 9.15. The normalized spacial score (nSPS) is 41.4. The van der Waals surface area contributed by atoms with Crippen molar-refractivity contribution in [3.05, 3.63) is 47.5 Å². The lowest BCUT2D eigenvalue weighted by atomic mass is 9.48. The first kappa shape index (κ1) is 20.0. The van der Waals surface area contributed by atoms with Crippen LogP contribution in [0.25, 0.3) is 0 Å². The van der Waals surface area contributed by atoms with Gasteiger partial charge in [-0.05, 0) is 86.7 Å². The molecule has 0 heterocycles. The number of benzene rings is 1. The lowest BCUT2D eigenvalue weighted by Gasteiger charge is -2.57. The van der Waals surface area contributed by atoms with Crippen LogP contribution in [-0.2, 0) is 0 Å². The molecule has 4 aliphatic carbocycles. The molecule has 0 bridgehead atoms. The summed E-state index contributed by atoms with van der Waals surface area (Å²) in [5, 5.41) is 14.9. The van der Waals surface area contributed by atoms with Gasteiger partial charge >= 0.3 is 0 Å². The summed E-state index contributed by atoms with van der Waals surface area (Å²) in [6.45, 7) is 4.86. The minimum atomic E-state index is -0.145. The second-order valence-electron chi connectivity index (χ2n) is 10.5. The van der Waals surface area contributed by atoms with Crippen LogP contribution in [0, 0.1) is 28.6 Å². The number of hydrogen-bond acceptors (Lipinski definition) is 3. The molecule has 4 aliphatic rings. The maximum absolute atomic E-state index is 12.5. The lowest BCUT2D eigenvalue weighted by Crippen LogP contribution is -2.50. The molecule has 1 aromatic carbocycles. The average Bonchev–Trinajstić information content (AvgIpc) is 3.09. The van der Waals surface area contributed by atoms with Crippen molar-refractivity contribution < 1.29 is 9.90 Å². The second kappa shape index (κ2) is 7.33. The molecule has 0 unspecified atom stereocenters. The number of hydrogen-bond donors (Lipinski definition) is 2. The highest BCUT2D eigenvalue weighted by Gasteiger charge is 2.57. The summed E-state index contributed by atoms with van der Waals surface area (Å²) in [7, 11) is 0. The van der Waals surface area contributed by atoms with Gasteiger partial charge in [-0.25, -0.2) is 5.43 Å². The van der Waals surface area contributed by atoms with Crippen molar-refractivity contribution in [2.45, 2.75) is 71.3 Å². The van der Waals surface area contributed by atoms with Crippen LogP contribution in [-0.4, -0.2) is 22.8 Å². The molecule has 6 atom stereocenters. The summed E-state index contributed by atoms with van der Waals surface area (Å²) in [6, 6.07) is 9.33. The molecule has 4 heteroatoms. The Hall–Kier alpha value is -1.94. The molecular formula is C26H34N2O2. The van der Waals surface area contributed by atoms with Crippen LogP contribution < -0.4 is 5.43 Å². The van der Waals surface area contributed by atoms with E-state index in [0.717, 1.165) is 44.4 Å². The van der Waals surface area contributed by atoms with E-state index in [1.807, 2.05) is 30.3 Å². The van der Waals surface area contributed by atoms with Gasteiger partial charge in [0.15, 0.2) is 0 Å². The summed E-state index contributed by atoms with van der Waals surface area (Å²) in [5.74, 6) is 1.94. The van der Waals surface area contributed by atoms with Crippen molar-refractivity contribution in [1.82, 2.24) is 5.43 Å². The van der Waals surface area contributed by atoms with E-state index in [9.17, 15) is 9.90 Å². The Bertz CT molecular complexity index is 892. The highest BCUT2D eigenvalue weighted by Crippen LogP contribution is 2.64. The Morgan fingerprint density at radius 3 is 2.60 bits per heavy atom. The number of carbonyl (C=O) groups is 1. The summed E-state index contributed by atoms with van der Waals surface area (Å²) < 4.78 is 0. The summed E-state index contributed by atoms with van der Waals surface area (Å²) in [5.41, 5.74) is 6.57. The molecule has 0 aliphatic heterocycles. The predicted molar refractivity (Wildman–Crippen MR) is 119 cm³/mol. The van der Waals surface area contributed by atoms with Gasteiger partial charge < -0.3 is 5.11 Å². The van der Waals surface area contributed by atoms with E-state index in [1.54, 1.807) is 0 Å². The number of fused-ring (bicyclic) bond motifs is 5. The van der Waals surface area contributed by atoms with Gasteiger partial charge in [-0.1, -0.05) is 43.7 Å². The van der Waals surface area contributed by atoms with Crippen molar-refractivity contribution >= 4 is 11.6 Å². The van der Waals surface area contributed by atoms with Gasteiger partial charge in [-0.2, -0.15) is 5.10 Å². The number of aliphatic hydroxyl groups is 1. The quantitative estimate of drug-likeness (QED) is 0.530. The van der Waals surface area contributed by atoms with E-state index in [0.29, 0.717) is 17.4 Å². The van der Waals surface area contributed by atoms with Gasteiger partial charge in [0.05, 0.1) is 6.10 Å². The number of nitrogens with zero attached hydrogens (tertiary/aromatic N) is 1. The van der Waals surface area contributed by atoms with Gasteiger partial charge in [0.25, 0.3) is 5.91 Å². The molecule has 30 heavy (non-hydrogen) atoms. The standard InChI is InChI=1S/C26H34N2O2/c1-25-14-12-19(29)16-18(25)8-9-20-21-10-11-23(26(21,2)15-13-22(20)25)27-28-24(30)17-6-4-3-5-7-17/h3-8,19-22,29H,9-16H2,1-2H3,(H,28,30)/t19-,20-,21-,22-,25+,26-/m1/s1. The minimum Gasteiger partial charge on any atom is -0.393 e. The molecule has 0 radical (unpaired) electrons. The Morgan fingerprint density at radius 2 is 1.80 bits per heavy atom. The zero-order valence-corrected chi connectivity index (χ0v) is 18.2. The average molecular weight is 407 g/mol. The van der Waals surface area contributed by atoms with Gasteiger partial charge in [0.1, 0.15) is 0 Å². The van der Waals surface area contributed by atoms with Crippen molar-refractivity contribution in [3.8, 4) is 0 Å². The molecular weight excluding hydrogens is 372 g/mol. The van der Waals surface area contributed by atoms with Gasteiger partial charge in [-0.3, -0.25) is 4.79 Å². The van der Waals surface area contributed by atoms with Crippen LogP contribution in [0.3, 0.4) is 0 Å². The maximum Gasteiger partial charge on any atom is 0.271 e. The van der Waals surface area contributed by atoms with E-state index in [1.165, 1.54) is 24.1 Å². The minimum absolute atomic E-state index is 0.0982. The molecule has 160 valence electrons.